The molecule has 2 nitrogen and oxygen atoms in total. The predicted octanol–water partition coefficient (Wildman–Crippen LogP) is 4.57. The van der Waals surface area contributed by atoms with Crippen LogP contribution in [0.2, 0.25) is 5.02 Å². The number of carbonyl (C=O) groups excluding carboxylic acids is 1. The first-order valence-corrected chi connectivity index (χ1v) is 6.79. The minimum Gasteiger partial charge on any atom is -0.288 e. The smallest absolute Gasteiger partial charge is 0.195 e. The first kappa shape index (κ1) is 13.7. The van der Waals surface area contributed by atoms with Crippen LogP contribution < -0.4 is 0 Å². The molecule has 0 N–H and O–H groups in total. The maximum atomic E-state index is 13.8. The Morgan fingerprint density at radius 1 is 1.10 bits per heavy atom. The second kappa shape index (κ2) is 5.26. The number of fused-ring (bicyclic) bond motifs is 1. The summed E-state index contributed by atoms with van der Waals surface area (Å²) in [5, 5.41) is 1.11. The van der Waals surface area contributed by atoms with Gasteiger partial charge in [0.2, 0.25) is 0 Å². The molecule has 4 heteroatoms. The zero-order valence-electron chi connectivity index (χ0n) is 11.2. The molecule has 0 spiro atoms. The van der Waals surface area contributed by atoms with Gasteiger partial charge in [0.15, 0.2) is 5.78 Å². The molecule has 0 saturated carbocycles. The van der Waals surface area contributed by atoms with Gasteiger partial charge < -0.3 is 0 Å². The lowest BCUT2D eigenvalue weighted by molar-refractivity contribution is 0.103. The van der Waals surface area contributed by atoms with E-state index in [1.165, 1.54) is 12.1 Å². The largest absolute Gasteiger partial charge is 0.288 e. The molecule has 0 radical (unpaired) electrons. The summed E-state index contributed by atoms with van der Waals surface area (Å²) in [6.45, 7) is 1.90. The molecule has 0 atom stereocenters. The van der Waals surface area contributed by atoms with Crippen LogP contribution in [-0.2, 0) is 0 Å². The van der Waals surface area contributed by atoms with E-state index in [4.69, 9.17) is 11.6 Å². The molecule has 0 aliphatic carbocycles. The molecule has 0 fully saturated rings. The normalized spacial score (nSPS) is 10.8. The SMILES string of the molecule is Cc1ccc2cc(C(=O)c3ccc(Cl)cc3F)ccc2n1. The van der Waals surface area contributed by atoms with Crippen molar-refractivity contribution in [2.45, 2.75) is 6.92 Å². The van der Waals surface area contributed by atoms with Crippen LogP contribution in [0.3, 0.4) is 0 Å². The minimum atomic E-state index is -0.616. The van der Waals surface area contributed by atoms with E-state index < -0.39 is 5.82 Å². The fraction of sp³-hybridized carbons (Fsp3) is 0.0588. The van der Waals surface area contributed by atoms with Gasteiger partial charge in [-0.2, -0.15) is 0 Å². The average molecular weight is 300 g/mol. The van der Waals surface area contributed by atoms with Crippen molar-refractivity contribution in [2.75, 3.05) is 0 Å². The molecule has 0 aliphatic rings. The van der Waals surface area contributed by atoms with Gasteiger partial charge in [-0.05, 0) is 49.4 Å². The number of carbonyl (C=O) groups is 1. The van der Waals surface area contributed by atoms with E-state index in [0.717, 1.165) is 22.7 Å². The van der Waals surface area contributed by atoms with Gasteiger partial charge in [0.05, 0.1) is 11.1 Å². The highest BCUT2D eigenvalue weighted by Crippen LogP contribution is 2.21. The molecule has 3 rings (SSSR count). The zero-order valence-corrected chi connectivity index (χ0v) is 12.0. The minimum absolute atomic E-state index is 0.0128. The molecule has 0 saturated heterocycles. The Balaban J connectivity index is 2.07. The summed E-state index contributed by atoms with van der Waals surface area (Å²) in [7, 11) is 0. The van der Waals surface area contributed by atoms with Crippen LogP contribution in [0.15, 0.2) is 48.5 Å². The quantitative estimate of drug-likeness (QED) is 0.649. The van der Waals surface area contributed by atoms with Gasteiger partial charge in [0, 0.05) is 21.7 Å². The van der Waals surface area contributed by atoms with E-state index >= 15 is 0 Å². The summed E-state index contributed by atoms with van der Waals surface area (Å²) in [4.78, 5) is 16.8. The second-order valence-corrected chi connectivity index (χ2v) is 5.25. The molecule has 0 amide bonds. The average Bonchev–Trinajstić information content (AvgIpc) is 2.46. The number of aryl methyl sites for hydroxylation is 1. The lowest BCUT2D eigenvalue weighted by Crippen LogP contribution is -2.04. The van der Waals surface area contributed by atoms with Crippen LogP contribution in [0.5, 0.6) is 0 Å². The summed E-state index contributed by atoms with van der Waals surface area (Å²) in [6.07, 6.45) is 0. The molecule has 2 aromatic carbocycles. The fourth-order valence-electron chi connectivity index (χ4n) is 2.20. The molecule has 21 heavy (non-hydrogen) atoms. The second-order valence-electron chi connectivity index (χ2n) is 4.81. The molecule has 1 aromatic heterocycles. The van der Waals surface area contributed by atoms with Gasteiger partial charge in [0.25, 0.3) is 0 Å². The lowest BCUT2D eigenvalue weighted by Gasteiger charge is -2.05. The van der Waals surface area contributed by atoms with Gasteiger partial charge in [0.1, 0.15) is 5.82 Å². The van der Waals surface area contributed by atoms with Crippen LogP contribution in [0.1, 0.15) is 21.6 Å². The van der Waals surface area contributed by atoms with Crippen LogP contribution in [0, 0.1) is 12.7 Å². The summed E-state index contributed by atoms with van der Waals surface area (Å²) in [6, 6.07) is 13.0. The van der Waals surface area contributed by atoms with Crippen molar-refractivity contribution in [2.24, 2.45) is 0 Å². The molecule has 1 heterocycles. The number of hydrogen-bond acceptors (Lipinski definition) is 2. The highest BCUT2D eigenvalue weighted by molar-refractivity contribution is 6.30. The van der Waals surface area contributed by atoms with Gasteiger partial charge >= 0.3 is 0 Å². The lowest BCUT2D eigenvalue weighted by atomic mass is 10.0. The molecular weight excluding hydrogens is 289 g/mol. The van der Waals surface area contributed by atoms with Crippen molar-refractivity contribution in [3.8, 4) is 0 Å². The van der Waals surface area contributed by atoms with E-state index in [9.17, 15) is 9.18 Å². The van der Waals surface area contributed by atoms with E-state index in [2.05, 4.69) is 4.98 Å². The fourth-order valence-corrected chi connectivity index (χ4v) is 2.36. The Hall–Kier alpha value is -2.26. The van der Waals surface area contributed by atoms with E-state index in [0.29, 0.717) is 5.56 Å². The van der Waals surface area contributed by atoms with Crippen LogP contribution in [0.4, 0.5) is 4.39 Å². The summed E-state index contributed by atoms with van der Waals surface area (Å²) in [5.74, 6) is -0.985. The molecule has 0 unspecified atom stereocenters. The maximum Gasteiger partial charge on any atom is 0.195 e. The Bertz CT molecular complexity index is 861. The van der Waals surface area contributed by atoms with Gasteiger partial charge in [-0.25, -0.2) is 4.39 Å². The number of aromatic nitrogens is 1. The van der Waals surface area contributed by atoms with Crippen LogP contribution in [0.25, 0.3) is 10.9 Å². The van der Waals surface area contributed by atoms with E-state index in [1.54, 1.807) is 18.2 Å². The van der Waals surface area contributed by atoms with Crippen molar-refractivity contribution >= 4 is 28.3 Å². The third-order valence-corrected chi connectivity index (χ3v) is 3.50. The monoisotopic (exact) mass is 299 g/mol. The standard InChI is InChI=1S/C17H11ClFNO/c1-10-2-3-11-8-12(4-7-16(11)20-10)17(21)14-6-5-13(18)9-15(14)19/h2-9H,1H3. The van der Waals surface area contributed by atoms with Crippen LogP contribution >= 0.6 is 11.6 Å². The Labute approximate surface area is 126 Å². The third-order valence-electron chi connectivity index (χ3n) is 3.27. The Kier molecular flexibility index (Phi) is 3.43. The maximum absolute atomic E-state index is 13.8. The van der Waals surface area contributed by atoms with Crippen molar-refractivity contribution in [1.82, 2.24) is 4.98 Å². The van der Waals surface area contributed by atoms with Crippen molar-refractivity contribution in [1.29, 1.82) is 0 Å². The van der Waals surface area contributed by atoms with Gasteiger partial charge in [-0.3, -0.25) is 9.78 Å². The number of halogens is 2. The van der Waals surface area contributed by atoms with Crippen molar-refractivity contribution in [3.05, 3.63) is 76.2 Å². The highest BCUT2D eigenvalue weighted by Gasteiger charge is 2.14. The molecule has 104 valence electrons. The predicted molar refractivity (Wildman–Crippen MR) is 81.3 cm³/mol. The number of hydrogen-bond donors (Lipinski definition) is 0. The van der Waals surface area contributed by atoms with Crippen molar-refractivity contribution < 1.29 is 9.18 Å². The molecule has 0 aliphatic heterocycles. The van der Waals surface area contributed by atoms with E-state index in [-0.39, 0.29) is 16.4 Å². The number of nitrogens with zero attached hydrogens (tertiary/aromatic N) is 1. The van der Waals surface area contributed by atoms with Crippen LogP contribution in [-0.4, -0.2) is 10.8 Å². The number of rotatable bonds is 2. The summed E-state index contributed by atoms with van der Waals surface area (Å²) >= 11 is 5.70. The summed E-state index contributed by atoms with van der Waals surface area (Å²) < 4.78 is 13.8. The first-order valence-electron chi connectivity index (χ1n) is 6.42. The Morgan fingerprint density at radius 3 is 2.67 bits per heavy atom. The number of ketones is 1. The van der Waals surface area contributed by atoms with Gasteiger partial charge in [-0.15, -0.1) is 0 Å². The number of pyridine rings is 1. The third kappa shape index (κ3) is 2.65. The van der Waals surface area contributed by atoms with E-state index in [1.807, 2.05) is 19.1 Å². The van der Waals surface area contributed by atoms with Crippen molar-refractivity contribution in [3.63, 3.8) is 0 Å². The van der Waals surface area contributed by atoms with Gasteiger partial charge in [-0.1, -0.05) is 17.7 Å². The molecule has 3 aromatic rings. The first-order chi connectivity index (χ1) is 10.0. The number of benzene rings is 2. The summed E-state index contributed by atoms with van der Waals surface area (Å²) in [5.41, 5.74) is 2.15. The topological polar surface area (TPSA) is 30.0 Å². The highest BCUT2D eigenvalue weighted by atomic mass is 35.5. The molecule has 0 bridgehead atoms. The molecular formula is C17H11ClFNO. The zero-order chi connectivity index (χ0) is 15.0. The Morgan fingerprint density at radius 2 is 1.90 bits per heavy atom.